The molecule has 0 unspecified atom stereocenters. The van der Waals surface area contributed by atoms with Gasteiger partial charge in [0.1, 0.15) is 4.60 Å². The predicted molar refractivity (Wildman–Crippen MR) is 94.7 cm³/mol. The summed E-state index contributed by atoms with van der Waals surface area (Å²) in [5, 5.41) is 0.625. The van der Waals surface area contributed by atoms with Crippen LogP contribution >= 0.6 is 15.9 Å². The summed E-state index contributed by atoms with van der Waals surface area (Å²) in [6, 6.07) is 13.2. The summed E-state index contributed by atoms with van der Waals surface area (Å²) in [4.78, 5) is 12.2. The average Bonchev–Trinajstić information content (AvgIpc) is 2.90. The maximum atomic E-state index is 13.1. The van der Waals surface area contributed by atoms with Gasteiger partial charge in [0.05, 0.1) is 23.1 Å². The Balaban J connectivity index is 2.35. The predicted octanol–water partition coefficient (Wildman–Crippen LogP) is 3.74. The monoisotopic (exact) mass is 407 g/mol. The Morgan fingerprint density at radius 1 is 1.12 bits per heavy atom. The molecule has 0 saturated heterocycles. The molecule has 0 aliphatic carbocycles. The number of benzene rings is 2. The van der Waals surface area contributed by atoms with Gasteiger partial charge in [-0.05, 0) is 47.1 Å². The summed E-state index contributed by atoms with van der Waals surface area (Å²) in [6.07, 6.45) is 0. The minimum atomic E-state index is -3.87. The highest BCUT2D eigenvalue weighted by atomic mass is 79.9. The molecule has 0 N–H and O–H groups in total. The molecular formula is C17H14BrNO4S. The second-order valence-corrected chi connectivity index (χ2v) is 7.88. The highest BCUT2D eigenvalue weighted by Crippen LogP contribution is 2.31. The van der Waals surface area contributed by atoms with E-state index in [9.17, 15) is 13.2 Å². The molecule has 0 fully saturated rings. The van der Waals surface area contributed by atoms with Crippen LogP contribution in [0.4, 0.5) is 0 Å². The minimum absolute atomic E-state index is 0.144. The number of para-hydroxylation sites is 1. The molecule has 0 aliphatic rings. The fourth-order valence-electron chi connectivity index (χ4n) is 2.52. The number of aryl methyl sites for hydroxylation is 1. The second kappa shape index (κ2) is 6.07. The average molecular weight is 408 g/mol. The number of carbonyl (C=O) groups is 1. The third kappa shape index (κ3) is 2.63. The number of hydrogen-bond acceptors (Lipinski definition) is 4. The zero-order valence-electron chi connectivity index (χ0n) is 13.0. The smallest absolute Gasteiger partial charge is 0.340 e. The summed E-state index contributed by atoms with van der Waals surface area (Å²) >= 11 is 3.29. The molecular weight excluding hydrogens is 394 g/mol. The first-order valence-electron chi connectivity index (χ1n) is 7.07. The lowest BCUT2D eigenvalue weighted by Gasteiger charge is -2.11. The van der Waals surface area contributed by atoms with Gasteiger partial charge in [0.25, 0.3) is 10.0 Å². The Bertz CT molecular complexity index is 1040. The van der Waals surface area contributed by atoms with E-state index < -0.39 is 16.0 Å². The second-order valence-electron chi connectivity index (χ2n) is 5.28. The van der Waals surface area contributed by atoms with E-state index in [4.69, 9.17) is 4.74 Å². The number of rotatable bonds is 3. The van der Waals surface area contributed by atoms with Crippen molar-refractivity contribution in [3.05, 3.63) is 64.3 Å². The van der Waals surface area contributed by atoms with Crippen LogP contribution in [0.15, 0.2) is 58.0 Å². The Morgan fingerprint density at radius 2 is 1.79 bits per heavy atom. The van der Waals surface area contributed by atoms with Crippen molar-refractivity contribution < 1.29 is 17.9 Å². The molecule has 0 aliphatic heterocycles. The van der Waals surface area contributed by atoms with Gasteiger partial charge >= 0.3 is 5.97 Å². The molecule has 124 valence electrons. The Kier molecular flexibility index (Phi) is 4.23. The van der Waals surface area contributed by atoms with Crippen LogP contribution < -0.4 is 0 Å². The number of ether oxygens (including phenoxy) is 1. The zero-order valence-corrected chi connectivity index (χ0v) is 15.4. The largest absolute Gasteiger partial charge is 0.465 e. The van der Waals surface area contributed by atoms with Crippen LogP contribution in [0.25, 0.3) is 10.9 Å². The number of aromatic nitrogens is 1. The van der Waals surface area contributed by atoms with Gasteiger partial charge in [-0.15, -0.1) is 0 Å². The van der Waals surface area contributed by atoms with Gasteiger partial charge in [0.15, 0.2) is 0 Å². The third-order valence-electron chi connectivity index (χ3n) is 3.70. The van der Waals surface area contributed by atoms with Gasteiger partial charge in [-0.1, -0.05) is 29.8 Å². The van der Waals surface area contributed by atoms with E-state index in [1.54, 1.807) is 48.5 Å². The molecule has 0 bridgehead atoms. The van der Waals surface area contributed by atoms with E-state index in [1.807, 2.05) is 6.92 Å². The van der Waals surface area contributed by atoms with Crippen LogP contribution in [-0.4, -0.2) is 25.5 Å². The molecule has 5 nitrogen and oxygen atoms in total. The lowest BCUT2D eigenvalue weighted by atomic mass is 10.1. The Morgan fingerprint density at radius 3 is 2.42 bits per heavy atom. The molecule has 3 rings (SSSR count). The maximum absolute atomic E-state index is 13.1. The van der Waals surface area contributed by atoms with E-state index in [2.05, 4.69) is 15.9 Å². The number of methoxy groups -OCH3 is 1. The Hall–Kier alpha value is -2.12. The zero-order chi connectivity index (χ0) is 17.5. The van der Waals surface area contributed by atoms with Gasteiger partial charge in [0.2, 0.25) is 0 Å². The van der Waals surface area contributed by atoms with Crippen LogP contribution in [-0.2, 0) is 14.8 Å². The van der Waals surface area contributed by atoms with Gasteiger partial charge < -0.3 is 4.74 Å². The van der Waals surface area contributed by atoms with Crippen molar-refractivity contribution in [3.8, 4) is 0 Å². The number of esters is 1. The van der Waals surface area contributed by atoms with Gasteiger partial charge in [-0.3, -0.25) is 0 Å². The molecule has 1 aromatic heterocycles. The first-order chi connectivity index (χ1) is 11.4. The van der Waals surface area contributed by atoms with Gasteiger partial charge in [-0.2, -0.15) is 0 Å². The summed E-state index contributed by atoms with van der Waals surface area (Å²) in [5.41, 5.74) is 1.44. The highest BCUT2D eigenvalue weighted by molar-refractivity contribution is 9.10. The van der Waals surface area contributed by atoms with Gasteiger partial charge in [0, 0.05) is 5.39 Å². The molecule has 0 saturated carbocycles. The van der Waals surface area contributed by atoms with Crippen LogP contribution in [0.1, 0.15) is 15.9 Å². The number of hydrogen-bond donors (Lipinski definition) is 0. The van der Waals surface area contributed by atoms with Crippen LogP contribution in [0.2, 0.25) is 0 Å². The van der Waals surface area contributed by atoms with Crippen molar-refractivity contribution in [1.29, 1.82) is 0 Å². The number of halogens is 1. The van der Waals surface area contributed by atoms with Crippen molar-refractivity contribution in [2.45, 2.75) is 11.8 Å². The fraction of sp³-hybridized carbons (Fsp3) is 0.118. The van der Waals surface area contributed by atoms with E-state index in [-0.39, 0.29) is 16.0 Å². The summed E-state index contributed by atoms with van der Waals surface area (Å²) in [6.45, 7) is 1.88. The lowest BCUT2D eigenvalue weighted by Crippen LogP contribution is -2.15. The quantitative estimate of drug-likeness (QED) is 0.620. The molecule has 0 amide bonds. The first kappa shape index (κ1) is 16.7. The fourth-order valence-corrected chi connectivity index (χ4v) is 4.94. The van der Waals surface area contributed by atoms with Crippen molar-refractivity contribution >= 4 is 42.8 Å². The highest BCUT2D eigenvalue weighted by Gasteiger charge is 2.25. The molecule has 2 aromatic carbocycles. The standard InChI is InChI=1S/C17H14BrNO4S/c1-11-6-8-13(9-7-11)24(21,22)19-15(18)10-12-4-3-5-14(16(12)19)17(20)23-2/h3-10H,1-2H3. The first-order valence-corrected chi connectivity index (χ1v) is 9.30. The molecule has 0 spiro atoms. The number of carbonyl (C=O) groups excluding carboxylic acids is 1. The number of fused-ring (bicyclic) bond motifs is 1. The molecule has 7 heteroatoms. The van der Waals surface area contributed by atoms with Crippen molar-refractivity contribution in [2.24, 2.45) is 0 Å². The van der Waals surface area contributed by atoms with Crippen molar-refractivity contribution in [1.82, 2.24) is 3.97 Å². The summed E-state index contributed by atoms with van der Waals surface area (Å²) in [5.74, 6) is -0.591. The Labute approximate surface area is 148 Å². The van der Waals surface area contributed by atoms with E-state index >= 15 is 0 Å². The molecule has 3 aromatic rings. The van der Waals surface area contributed by atoms with Crippen LogP contribution in [0.5, 0.6) is 0 Å². The molecule has 1 heterocycles. The molecule has 0 radical (unpaired) electrons. The maximum Gasteiger partial charge on any atom is 0.340 e. The van der Waals surface area contributed by atoms with Gasteiger partial charge in [-0.25, -0.2) is 17.2 Å². The minimum Gasteiger partial charge on any atom is -0.465 e. The van der Waals surface area contributed by atoms with E-state index in [0.29, 0.717) is 9.99 Å². The van der Waals surface area contributed by atoms with Crippen molar-refractivity contribution in [2.75, 3.05) is 7.11 Å². The summed E-state index contributed by atoms with van der Waals surface area (Å²) < 4.78 is 32.4. The van der Waals surface area contributed by atoms with Crippen LogP contribution in [0, 0.1) is 6.92 Å². The normalized spacial score (nSPS) is 11.6. The number of nitrogens with zero attached hydrogens (tertiary/aromatic N) is 1. The summed E-state index contributed by atoms with van der Waals surface area (Å²) in [7, 11) is -2.61. The van der Waals surface area contributed by atoms with Crippen LogP contribution in [0.3, 0.4) is 0 Å². The van der Waals surface area contributed by atoms with Crippen molar-refractivity contribution in [3.63, 3.8) is 0 Å². The molecule has 0 atom stereocenters. The van der Waals surface area contributed by atoms with E-state index in [1.165, 1.54) is 7.11 Å². The lowest BCUT2D eigenvalue weighted by molar-refractivity contribution is 0.0602. The topological polar surface area (TPSA) is 65.4 Å². The molecule has 24 heavy (non-hydrogen) atoms. The van der Waals surface area contributed by atoms with E-state index in [0.717, 1.165) is 9.54 Å². The SMILES string of the molecule is COC(=O)c1cccc2cc(Br)n(S(=O)(=O)c3ccc(C)cc3)c12. The third-order valence-corrected chi connectivity index (χ3v) is 6.25.